The van der Waals surface area contributed by atoms with Gasteiger partial charge in [-0.1, -0.05) is 12.1 Å². The summed E-state index contributed by atoms with van der Waals surface area (Å²) in [5, 5.41) is 2.89. The van der Waals surface area contributed by atoms with Gasteiger partial charge in [0.25, 0.3) is 5.95 Å². The number of pyridine rings is 1. The number of aromatic nitrogens is 3. The largest absolute Gasteiger partial charge is 0.593 e. The fourth-order valence-electron chi connectivity index (χ4n) is 2.94. The number of halogens is 3. The Morgan fingerprint density at radius 3 is 2.62 bits per heavy atom. The van der Waals surface area contributed by atoms with Crippen LogP contribution in [0, 0.1) is 0 Å². The van der Waals surface area contributed by atoms with E-state index in [0.29, 0.717) is 22.5 Å². The normalized spacial score (nSPS) is 14.4. The topological polar surface area (TPSA) is 112 Å². The highest BCUT2D eigenvalue weighted by atomic mass is 32.2. The molecule has 2 heterocycles. The molecule has 1 atom stereocenters. The van der Waals surface area contributed by atoms with Crippen molar-refractivity contribution in [3.63, 3.8) is 0 Å². The predicted molar refractivity (Wildman–Crippen MR) is 120 cm³/mol. The average molecular weight is 491 g/mol. The van der Waals surface area contributed by atoms with Crippen molar-refractivity contribution < 1.29 is 27.3 Å². The van der Waals surface area contributed by atoms with Gasteiger partial charge in [0.05, 0.1) is 29.7 Å². The molecule has 1 unspecified atom stereocenters. The van der Waals surface area contributed by atoms with Crippen molar-refractivity contribution in [3.8, 4) is 16.9 Å². The first-order valence-corrected chi connectivity index (χ1v) is 11.5. The Labute approximate surface area is 196 Å². The number of carbonyl (C=O) groups is 1. The first-order chi connectivity index (χ1) is 16.2. The summed E-state index contributed by atoms with van der Waals surface area (Å²) < 4.78 is 56.5. The highest BCUT2D eigenvalue weighted by Gasteiger charge is 2.35. The van der Waals surface area contributed by atoms with E-state index >= 15 is 0 Å². The Balaban J connectivity index is 1.33. The Hall–Kier alpha value is -3.38. The van der Waals surface area contributed by atoms with Crippen LogP contribution in [0.15, 0.2) is 55.0 Å². The highest BCUT2D eigenvalue weighted by molar-refractivity contribution is 7.93. The number of nitrogens with one attached hydrogen (secondary N) is 2. The molecule has 2 aromatic heterocycles. The van der Waals surface area contributed by atoms with Crippen LogP contribution in [0.2, 0.25) is 0 Å². The molecule has 1 fully saturated rings. The van der Waals surface area contributed by atoms with E-state index in [1.54, 1.807) is 30.3 Å². The zero-order valence-corrected chi connectivity index (χ0v) is 18.5. The third kappa shape index (κ3) is 7.06. The SMILES string of the molecule is O=C(Cc1ccnc(N[S+]([O-])C2CC2)n1)Nc1ccc(-c2cncc(OCC(F)(F)F)c2)cc1. The molecule has 1 saturated carbocycles. The first-order valence-electron chi connectivity index (χ1n) is 10.3. The second-order valence-corrected chi connectivity index (χ2v) is 9.05. The lowest BCUT2D eigenvalue weighted by Crippen LogP contribution is -2.20. The molecule has 2 N–H and O–H groups in total. The second-order valence-electron chi connectivity index (χ2n) is 7.59. The number of ether oxygens (including phenoxy) is 1. The minimum atomic E-state index is -4.44. The van der Waals surface area contributed by atoms with E-state index in [2.05, 4.69) is 25.0 Å². The maximum absolute atomic E-state index is 12.4. The summed E-state index contributed by atoms with van der Waals surface area (Å²) in [6, 6.07) is 9.82. The van der Waals surface area contributed by atoms with Crippen molar-refractivity contribution in [1.29, 1.82) is 0 Å². The Morgan fingerprint density at radius 2 is 1.91 bits per heavy atom. The van der Waals surface area contributed by atoms with Gasteiger partial charge >= 0.3 is 6.18 Å². The minimum absolute atomic E-state index is 0.00246. The molecule has 1 amide bonds. The fraction of sp³-hybridized carbons (Fsp3) is 0.273. The van der Waals surface area contributed by atoms with E-state index < -0.39 is 24.1 Å². The van der Waals surface area contributed by atoms with Crippen LogP contribution >= 0.6 is 0 Å². The zero-order valence-electron chi connectivity index (χ0n) is 17.7. The van der Waals surface area contributed by atoms with E-state index in [4.69, 9.17) is 4.74 Å². The van der Waals surface area contributed by atoms with Crippen molar-refractivity contribution in [2.24, 2.45) is 0 Å². The Morgan fingerprint density at radius 1 is 1.15 bits per heavy atom. The molecular formula is C22H20F3N5O3S. The van der Waals surface area contributed by atoms with E-state index in [0.717, 1.165) is 12.8 Å². The van der Waals surface area contributed by atoms with Crippen LogP contribution in [-0.4, -0.2) is 43.4 Å². The van der Waals surface area contributed by atoms with E-state index in [1.165, 1.54) is 24.7 Å². The first kappa shape index (κ1) is 23.8. The number of hydrogen-bond acceptors (Lipinski definition) is 7. The van der Waals surface area contributed by atoms with Gasteiger partial charge in [-0.2, -0.15) is 17.9 Å². The van der Waals surface area contributed by atoms with Crippen molar-refractivity contribution in [3.05, 3.63) is 60.7 Å². The molecule has 12 heteroatoms. The van der Waals surface area contributed by atoms with Gasteiger partial charge in [-0.15, -0.1) is 0 Å². The number of benzene rings is 1. The number of carbonyl (C=O) groups excluding carboxylic acids is 1. The lowest BCUT2D eigenvalue weighted by atomic mass is 10.1. The monoisotopic (exact) mass is 491 g/mol. The number of nitrogens with zero attached hydrogens (tertiary/aromatic N) is 3. The van der Waals surface area contributed by atoms with E-state index in [-0.39, 0.29) is 29.3 Å². The maximum atomic E-state index is 12.4. The minimum Gasteiger partial charge on any atom is -0.593 e. The molecule has 0 radical (unpaired) electrons. The van der Waals surface area contributed by atoms with Gasteiger partial charge in [0.1, 0.15) is 11.0 Å². The van der Waals surface area contributed by atoms with Crippen LogP contribution in [0.1, 0.15) is 18.5 Å². The standard InChI is InChI=1S/C22H20F3N5O3S/c23-22(24,25)13-33-18-9-15(11-26-12-18)14-1-3-16(4-2-14)28-20(31)10-17-7-8-27-21(29-17)30-34(32)19-5-6-19/h1-4,7-9,11-12,19H,5-6,10,13H2,(H,28,31)(H,27,29,30). The maximum Gasteiger partial charge on any atom is 0.422 e. The van der Waals surface area contributed by atoms with Crippen LogP contribution < -0.4 is 14.8 Å². The molecule has 34 heavy (non-hydrogen) atoms. The van der Waals surface area contributed by atoms with Gasteiger partial charge in [-0.25, -0.2) is 9.97 Å². The molecule has 0 saturated heterocycles. The van der Waals surface area contributed by atoms with E-state index in [1.807, 2.05) is 0 Å². The van der Waals surface area contributed by atoms with Gasteiger partial charge < -0.3 is 14.6 Å². The van der Waals surface area contributed by atoms with Crippen molar-refractivity contribution in [1.82, 2.24) is 15.0 Å². The molecule has 3 aromatic rings. The molecule has 0 spiro atoms. The highest BCUT2D eigenvalue weighted by Crippen LogP contribution is 2.29. The molecular weight excluding hydrogens is 471 g/mol. The van der Waals surface area contributed by atoms with Crippen LogP contribution in [0.25, 0.3) is 11.1 Å². The van der Waals surface area contributed by atoms with Crippen LogP contribution in [0.4, 0.5) is 24.8 Å². The molecule has 178 valence electrons. The van der Waals surface area contributed by atoms with Crippen LogP contribution in [0.5, 0.6) is 5.75 Å². The smallest absolute Gasteiger partial charge is 0.422 e. The number of anilines is 2. The summed E-state index contributed by atoms with van der Waals surface area (Å²) in [4.78, 5) is 24.6. The third-order valence-electron chi connectivity index (χ3n) is 4.69. The second kappa shape index (κ2) is 10.3. The van der Waals surface area contributed by atoms with Gasteiger partial charge in [-0.05, 0) is 29.8 Å². The number of hydrogen-bond donors (Lipinski definition) is 2. The lowest BCUT2D eigenvalue weighted by molar-refractivity contribution is -0.153. The molecule has 4 rings (SSSR count). The van der Waals surface area contributed by atoms with Crippen molar-refractivity contribution in [2.45, 2.75) is 30.7 Å². The van der Waals surface area contributed by atoms with Crippen LogP contribution in [-0.2, 0) is 22.6 Å². The van der Waals surface area contributed by atoms with Gasteiger partial charge in [-0.3, -0.25) is 9.78 Å². The average Bonchev–Trinajstić information content (AvgIpc) is 3.64. The number of alkyl halides is 3. The Kier molecular flexibility index (Phi) is 7.17. The summed E-state index contributed by atoms with van der Waals surface area (Å²) in [6.07, 6.45) is 1.60. The van der Waals surface area contributed by atoms with Gasteiger partial charge in [0.2, 0.25) is 5.91 Å². The quantitative estimate of drug-likeness (QED) is 0.437. The van der Waals surface area contributed by atoms with Gasteiger partial charge in [0, 0.05) is 36.5 Å². The van der Waals surface area contributed by atoms with Crippen LogP contribution in [0.3, 0.4) is 0 Å². The van der Waals surface area contributed by atoms with Gasteiger partial charge in [0.15, 0.2) is 6.61 Å². The van der Waals surface area contributed by atoms with E-state index in [9.17, 15) is 22.5 Å². The summed E-state index contributed by atoms with van der Waals surface area (Å²) in [7, 11) is 0. The molecule has 0 bridgehead atoms. The molecule has 0 aliphatic heterocycles. The summed E-state index contributed by atoms with van der Waals surface area (Å²) in [5.74, 6) is -0.0771. The summed E-state index contributed by atoms with van der Waals surface area (Å²) >= 11 is -1.23. The molecule has 1 aliphatic carbocycles. The fourth-order valence-corrected chi connectivity index (χ4v) is 3.94. The lowest BCUT2D eigenvalue weighted by Gasteiger charge is -2.11. The third-order valence-corrected chi connectivity index (χ3v) is 6.15. The molecule has 1 aromatic carbocycles. The molecule has 1 aliphatic rings. The van der Waals surface area contributed by atoms with Crippen molar-refractivity contribution in [2.75, 3.05) is 16.6 Å². The van der Waals surface area contributed by atoms with Crippen molar-refractivity contribution >= 4 is 28.9 Å². The summed E-state index contributed by atoms with van der Waals surface area (Å²) in [6.45, 7) is -1.40. The number of amides is 1. The summed E-state index contributed by atoms with van der Waals surface area (Å²) in [5.41, 5.74) is 2.27. The molecule has 8 nitrogen and oxygen atoms in total. The number of rotatable bonds is 9. The zero-order chi connectivity index (χ0) is 24.1. The predicted octanol–water partition coefficient (Wildman–Crippen LogP) is 3.90. The Bertz CT molecular complexity index is 1140.